The van der Waals surface area contributed by atoms with Gasteiger partial charge in [-0.1, -0.05) is 29.8 Å². The number of amides is 1. The van der Waals surface area contributed by atoms with Crippen LogP contribution in [-0.4, -0.2) is 76.4 Å². The first-order valence-electron chi connectivity index (χ1n) is 10.7. The van der Waals surface area contributed by atoms with E-state index in [9.17, 15) is 4.79 Å². The van der Waals surface area contributed by atoms with E-state index >= 15 is 0 Å². The molecule has 0 unspecified atom stereocenters. The van der Waals surface area contributed by atoms with Gasteiger partial charge in [-0.25, -0.2) is 0 Å². The summed E-state index contributed by atoms with van der Waals surface area (Å²) >= 11 is 6.12. The number of hydrogen-bond donors (Lipinski definition) is 0. The summed E-state index contributed by atoms with van der Waals surface area (Å²) in [6.45, 7) is 4.46. The highest BCUT2D eigenvalue weighted by atomic mass is 35.5. The van der Waals surface area contributed by atoms with Gasteiger partial charge >= 0.3 is 0 Å². The quantitative estimate of drug-likeness (QED) is 0.538. The normalized spacial score (nSPS) is 14.2. The Bertz CT molecular complexity index is 900. The van der Waals surface area contributed by atoms with Gasteiger partial charge in [0, 0.05) is 39.1 Å². The monoisotopic (exact) mass is 462 g/mol. The Morgan fingerprint density at radius 1 is 0.906 bits per heavy atom. The molecule has 0 N–H and O–H groups in total. The molecule has 1 saturated heterocycles. The highest BCUT2D eigenvalue weighted by Crippen LogP contribution is 2.40. The molecule has 32 heavy (non-hydrogen) atoms. The van der Waals surface area contributed by atoms with E-state index in [0.717, 1.165) is 25.2 Å². The Morgan fingerprint density at radius 2 is 1.62 bits per heavy atom. The van der Waals surface area contributed by atoms with Gasteiger partial charge in [-0.15, -0.1) is 0 Å². The van der Waals surface area contributed by atoms with E-state index in [1.165, 1.54) is 0 Å². The van der Waals surface area contributed by atoms with Gasteiger partial charge in [-0.2, -0.15) is 0 Å². The van der Waals surface area contributed by atoms with Crippen LogP contribution in [0.25, 0.3) is 0 Å². The van der Waals surface area contributed by atoms with Crippen molar-refractivity contribution in [2.75, 3.05) is 60.7 Å². The minimum absolute atomic E-state index is 0.147. The zero-order valence-electron chi connectivity index (χ0n) is 18.9. The number of halogens is 1. The fraction of sp³-hybridized carbons (Fsp3) is 0.458. The molecule has 1 heterocycles. The van der Waals surface area contributed by atoms with E-state index in [1.54, 1.807) is 21.3 Å². The van der Waals surface area contributed by atoms with Gasteiger partial charge in [0.15, 0.2) is 11.5 Å². The molecule has 174 valence electrons. The van der Waals surface area contributed by atoms with Gasteiger partial charge in [0.1, 0.15) is 12.4 Å². The second-order valence-electron chi connectivity index (χ2n) is 7.49. The summed E-state index contributed by atoms with van der Waals surface area (Å²) < 4.78 is 22.1. The predicted molar refractivity (Wildman–Crippen MR) is 124 cm³/mol. The molecule has 2 aromatic rings. The highest BCUT2D eigenvalue weighted by molar-refractivity contribution is 6.32. The van der Waals surface area contributed by atoms with Crippen LogP contribution in [0.1, 0.15) is 12.0 Å². The number of benzene rings is 2. The second-order valence-corrected chi connectivity index (χ2v) is 7.90. The van der Waals surface area contributed by atoms with Crippen LogP contribution in [-0.2, 0) is 11.2 Å². The van der Waals surface area contributed by atoms with E-state index in [1.807, 2.05) is 41.3 Å². The van der Waals surface area contributed by atoms with E-state index in [2.05, 4.69) is 4.90 Å². The van der Waals surface area contributed by atoms with Crippen molar-refractivity contribution in [2.24, 2.45) is 0 Å². The SMILES string of the molecule is COc1ccc(CCC(=O)N2CCN(CCOc3ccccc3Cl)CC2)c(OC)c1OC. The Kier molecular flexibility index (Phi) is 8.88. The summed E-state index contributed by atoms with van der Waals surface area (Å²) in [6, 6.07) is 11.2. The lowest BCUT2D eigenvalue weighted by Gasteiger charge is -2.34. The molecule has 0 saturated carbocycles. The number of piperazine rings is 1. The van der Waals surface area contributed by atoms with Crippen molar-refractivity contribution in [3.05, 3.63) is 47.0 Å². The zero-order valence-corrected chi connectivity index (χ0v) is 19.7. The van der Waals surface area contributed by atoms with Crippen LogP contribution in [0.4, 0.5) is 0 Å². The third-order valence-electron chi connectivity index (χ3n) is 5.62. The van der Waals surface area contributed by atoms with Gasteiger partial charge in [-0.05, 0) is 30.2 Å². The number of methoxy groups -OCH3 is 3. The van der Waals surface area contributed by atoms with Crippen molar-refractivity contribution in [2.45, 2.75) is 12.8 Å². The molecule has 0 atom stereocenters. The Labute approximate surface area is 194 Å². The zero-order chi connectivity index (χ0) is 22.9. The number of carbonyl (C=O) groups is 1. The Morgan fingerprint density at radius 3 is 2.28 bits per heavy atom. The molecule has 0 aromatic heterocycles. The summed E-state index contributed by atoms with van der Waals surface area (Å²) in [6.07, 6.45) is 0.996. The molecule has 0 aliphatic carbocycles. The molecule has 3 rings (SSSR count). The van der Waals surface area contributed by atoms with Crippen LogP contribution >= 0.6 is 11.6 Å². The van der Waals surface area contributed by atoms with Crippen LogP contribution in [0, 0.1) is 0 Å². The third-order valence-corrected chi connectivity index (χ3v) is 5.93. The summed E-state index contributed by atoms with van der Waals surface area (Å²) in [5, 5.41) is 0.619. The first kappa shape index (κ1) is 24.0. The van der Waals surface area contributed by atoms with E-state index in [0.29, 0.717) is 60.6 Å². The van der Waals surface area contributed by atoms with E-state index in [4.69, 9.17) is 30.5 Å². The molecule has 1 fully saturated rings. The topological polar surface area (TPSA) is 60.5 Å². The number of hydrogen-bond acceptors (Lipinski definition) is 6. The van der Waals surface area contributed by atoms with Crippen molar-refractivity contribution >= 4 is 17.5 Å². The minimum Gasteiger partial charge on any atom is -0.493 e. The summed E-state index contributed by atoms with van der Waals surface area (Å²) in [5.41, 5.74) is 0.925. The second kappa shape index (κ2) is 11.8. The molecule has 8 heteroatoms. The number of aryl methyl sites for hydroxylation is 1. The lowest BCUT2D eigenvalue weighted by Crippen LogP contribution is -2.49. The van der Waals surface area contributed by atoms with Crippen molar-refractivity contribution < 1.29 is 23.7 Å². The highest BCUT2D eigenvalue weighted by Gasteiger charge is 2.22. The van der Waals surface area contributed by atoms with Gasteiger partial charge in [0.2, 0.25) is 11.7 Å². The number of ether oxygens (including phenoxy) is 4. The summed E-state index contributed by atoms with van der Waals surface area (Å²) in [7, 11) is 4.76. The maximum atomic E-state index is 12.8. The smallest absolute Gasteiger partial charge is 0.222 e. The maximum Gasteiger partial charge on any atom is 0.222 e. The standard InChI is InChI=1S/C24H31ClN2O5/c1-29-21-10-8-18(23(30-2)24(21)31-3)9-11-22(28)27-14-12-26(13-15-27)16-17-32-20-7-5-4-6-19(20)25/h4-8,10H,9,11-17H2,1-3H3. The molecular weight excluding hydrogens is 432 g/mol. The van der Waals surface area contributed by atoms with Gasteiger partial charge in [0.25, 0.3) is 0 Å². The van der Waals surface area contributed by atoms with Crippen molar-refractivity contribution in [1.29, 1.82) is 0 Å². The molecule has 0 radical (unpaired) electrons. The van der Waals surface area contributed by atoms with Crippen LogP contribution in [0.2, 0.25) is 5.02 Å². The first-order chi connectivity index (χ1) is 15.6. The van der Waals surface area contributed by atoms with Crippen molar-refractivity contribution in [3.8, 4) is 23.0 Å². The van der Waals surface area contributed by atoms with Crippen LogP contribution in [0.3, 0.4) is 0 Å². The van der Waals surface area contributed by atoms with Crippen LogP contribution in [0.5, 0.6) is 23.0 Å². The van der Waals surface area contributed by atoms with Crippen molar-refractivity contribution in [1.82, 2.24) is 9.80 Å². The molecule has 2 aromatic carbocycles. The fourth-order valence-corrected chi connectivity index (χ4v) is 4.02. The van der Waals surface area contributed by atoms with Gasteiger partial charge in [-0.3, -0.25) is 9.69 Å². The molecule has 1 amide bonds. The van der Waals surface area contributed by atoms with E-state index < -0.39 is 0 Å². The average Bonchev–Trinajstić information content (AvgIpc) is 2.83. The Hall–Kier alpha value is -2.64. The molecule has 0 bridgehead atoms. The lowest BCUT2D eigenvalue weighted by molar-refractivity contribution is -0.132. The largest absolute Gasteiger partial charge is 0.493 e. The summed E-state index contributed by atoms with van der Waals surface area (Å²) in [4.78, 5) is 17.0. The number of carbonyl (C=O) groups excluding carboxylic acids is 1. The Balaban J connectivity index is 1.44. The number of nitrogens with zero attached hydrogens (tertiary/aromatic N) is 2. The average molecular weight is 463 g/mol. The molecule has 7 nitrogen and oxygen atoms in total. The lowest BCUT2D eigenvalue weighted by atomic mass is 10.1. The molecule has 1 aliphatic heterocycles. The molecule has 0 spiro atoms. The van der Waals surface area contributed by atoms with Crippen molar-refractivity contribution in [3.63, 3.8) is 0 Å². The van der Waals surface area contributed by atoms with Gasteiger partial charge < -0.3 is 23.8 Å². The van der Waals surface area contributed by atoms with Crippen LogP contribution in [0.15, 0.2) is 36.4 Å². The number of para-hydroxylation sites is 1. The molecular formula is C24H31ClN2O5. The minimum atomic E-state index is 0.147. The number of rotatable bonds is 10. The van der Waals surface area contributed by atoms with Gasteiger partial charge in [0.05, 0.1) is 26.4 Å². The first-order valence-corrected chi connectivity index (χ1v) is 11.1. The summed E-state index contributed by atoms with van der Waals surface area (Å²) in [5.74, 6) is 2.62. The maximum absolute atomic E-state index is 12.8. The fourth-order valence-electron chi connectivity index (χ4n) is 3.83. The third kappa shape index (κ3) is 5.99. The van der Waals surface area contributed by atoms with E-state index in [-0.39, 0.29) is 5.91 Å². The molecule has 1 aliphatic rings. The predicted octanol–water partition coefficient (Wildman–Crippen LogP) is 3.52. The van der Waals surface area contributed by atoms with Crippen LogP contribution < -0.4 is 18.9 Å².